The van der Waals surface area contributed by atoms with Gasteiger partial charge >= 0.3 is 5.97 Å². The molecule has 1 heterocycles. The Hall–Kier alpha value is -3.22. The van der Waals surface area contributed by atoms with Gasteiger partial charge in [0.05, 0.1) is 12.8 Å². The molecule has 0 N–H and O–H groups in total. The highest BCUT2D eigenvalue weighted by atomic mass is 16.6. The monoisotopic (exact) mass is 412 g/mol. The molecule has 0 saturated carbocycles. The minimum Gasteiger partial charge on any atom is -0.495 e. The van der Waals surface area contributed by atoms with Crippen LogP contribution in [0.25, 0.3) is 0 Å². The zero-order chi connectivity index (χ0) is 21.3. The first-order valence-electron chi connectivity index (χ1n) is 10.1. The molecule has 3 rings (SSSR count). The summed E-state index contributed by atoms with van der Waals surface area (Å²) in [4.78, 5) is 28.2. The molecule has 30 heavy (non-hydrogen) atoms. The number of amides is 1. The van der Waals surface area contributed by atoms with Crippen LogP contribution in [0.5, 0.6) is 11.5 Å². The lowest BCUT2D eigenvalue weighted by atomic mass is 10.2. The van der Waals surface area contributed by atoms with Gasteiger partial charge in [0.25, 0.3) is 5.91 Å². The molecule has 7 heteroatoms. The first kappa shape index (κ1) is 21.5. The number of carbonyl (C=O) groups is 2. The van der Waals surface area contributed by atoms with Gasteiger partial charge in [-0.05, 0) is 36.2 Å². The zero-order valence-corrected chi connectivity index (χ0v) is 17.5. The molecule has 160 valence electrons. The second kappa shape index (κ2) is 10.5. The molecule has 0 aromatic heterocycles. The van der Waals surface area contributed by atoms with Gasteiger partial charge < -0.3 is 24.0 Å². The molecular formula is C23H28N2O5. The van der Waals surface area contributed by atoms with Crippen molar-refractivity contribution >= 4 is 17.6 Å². The highest BCUT2D eigenvalue weighted by Gasteiger charge is 2.23. The van der Waals surface area contributed by atoms with Crippen molar-refractivity contribution < 1.29 is 23.8 Å². The van der Waals surface area contributed by atoms with Crippen molar-refractivity contribution in [2.24, 2.45) is 0 Å². The van der Waals surface area contributed by atoms with Crippen LogP contribution in [0.1, 0.15) is 12.5 Å². The van der Waals surface area contributed by atoms with Crippen LogP contribution in [0, 0.1) is 0 Å². The maximum atomic E-state index is 12.4. The Morgan fingerprint density at radius 2 is 1.63 bits per heavy atom. The Morgan fingerprint density at radius 3 is 2.30 bits per heavy atom. The van der Waals surface area contributed by atoms with Crippen molar-refractivity contribution in [3.8, 4) is 11.5 Å². The van der Waals surface area contributed by atoms with Crippen molar-refractivity contribution in [2.45, 2.75) is 13.3 Å². The predicted molar refractivity (Wildman–Crippen MR) is 114 cm³/mol. The van der Waals surface area contributed by atoms with Gasteiger partial charge in [-0.15, -0.1) is 0 Å². The Labute approximate surface area is 177 Å². The van der Waals surface area contributed by atoms with E-state index in [1.165, 1.54) is 5.56 Å². The number of hydrogen-bond donors (Lipinski definition) is 0. The molecule has 0 atom stereocenters. The van der Waals surface area contributed by atoms with Gasteiger partial charge in [0.1, 0.15) is 11.5 Å². The van der Waals surface area contributed by atoms with Crippen LogP contribution in [0.15, 0.2) is 48.5 Å². The van der Waals surface area contributed by atoms with Gasteiger partial charge in [0.2, 0.25) is 0 Å². The maximum Gasteiger partial charge on any atom is 0.344 e. The average Bonchev–Trinajstić information content (AvgIpc) is 2.81. The minimum atomic E-state index is -0.560. The molecule has 1 aliphatic rings. The van der Waals surface area contributed by atoms with E-state index in [-0.39, 0.29) is 19.1 Å². The smallest absolute Gasteiger partial charge is 0.344 e. The Balaban J connectivity index is 1.39. The summed E-state index contributed by atoms with van der Waals surface area (Å²) in [6.45, 7) is 4.09. The molecule has 0 aliphatic carbocycles. The molecule has 0 spiro atoms. The summed E-state index contributed by atoms with van der Waals surface area (Å²) in [5, 5.41) is 0. The number of benzene rings is 2. The number of piperazine rings is 1. The van der Waals surface area contributed by atoms with E-state index in [1.807, 2.05) is 48.5 Å². The number of carbonyl (C=O) groups excluding carboxylic acids is 2. The molecule has 0 radical (unpaired) electrons. The number of esters is 1. The summed E-state index contributed by atoms with van der Waals surface area (Å²) in [5.74, 6) is 0.657. The number of anilines is 1. The highest BCUT2D eigenvalue weighted by Crippen LogP contribution is 2.28. The number of rotatable bonds is 8. The lowest BCUT2D eigenvalue weighted by Crippen LogP contribution is -2.50. The van der Waals surface area contributed by atoms with E-state index in [1.54, 1.807) is 12.0 Å². The summed E-state index contributed by atoms with van der Waals surface area (Å²) in [7, 11) is 1.65. The third kappa shape index (κ3) is 5.65. The summed E-state index contributed by atoms with van der Waals surface area (Å²) >= 11 is 0. The number of nitrogens with zero attached hydrogens (tertiary/aromatic N) is 2. The van der Waals surface area contributed by atoms with Crippen LogP contribution in [0.4, 0.5) is 5.69 Å². The van der Waals surface area contributed by atoms with E-state index in [9.17, 15) is 9.59 Å². The number of methoxy groups -OCH3 is 1. The van der Waals surface area contributed by atoms with Gasteiger partial charge in [0, 0.05) is 26.2 Å². The first-order chi connectivity index (χ1) is 14.6. The van der Waals surface area contributed by atoms with Gasteiger partial charge in [-0.2, -0.15) is 0 Å². The van der Waals surface area contributed by atoms with Gasteiger partial charge in [0.15, 0.2) is 13.2 Å². The molecule has 2 aromatic rings. The Bertz CT molecular complexity index is 845. The number of ether oxygens (including phenoxy) is 3. The molecule has 0 unspecified atom stereocenters. The van der Waals surface area contributed by atoms with Crippen molar-refractivity contribution in [2.75, 3.05) is 51.4 Å². The zero-order valence-electron chi connectivity index (χ0n) is 17.5. The maximum absolute atomic E-state index is 12.4. The summed E-state index contributed by atoms with van der Waals surface area (Å²) in [5.41, 5.74) is 2.21. The van der Waals surface area contributed by atoms with Crippen molar-refractivity contribution in [1.29, 1.82) is 0 Å². The topological polar surface area (TPSA) is 68.3 Å². The van der Waals surface area contributed by atoms with E-state index in [0.717, 1.165) is 17.9 Å². The SMILES string of the molecule is CCc1ccc(OCC(=O)OCC(=O)N2CCN(c3ccccc3OC)CC2)cc1. The second-order valence-electron chi connectivity index (χ2n) is 6.99. The predicted octanol–water partition coefficient (Wildman–Crippen LogP) is 2.53. The van der Waals surface area contributed by atoms with Crippen molar-refractivity contribution in [3.05, 3.63) is 54.1 Å². The fourth-order valence-electron chi connectivity index (χ4n) is 3.33. The molecule has 1 saturated heterocycles. The van der Waals surface area contributed by atoms with E-state index in [0.29, 0.717) is 31.9 Å². The van der Waals surface area contributed by atoms with E-state index < -0.39 is 5.97 Å². The summed E-state index contributed by atoms with van der Waals surface area (Å²) in [6.07, 6.45) is 0.942. The lowest BCUT2D eigenvalue weighted by Gasteiger charge is -2.36. The number of para-hydroxylation sites is 2. The first-order valence-corrected chi connectivity index (χ1v) is 10.1. The summed E-state index contributed by atoms with van der Waals surface area (Å²) < 4.78 is 15.9. The molecule has 0 bridgehead atoms. The molecule has 7 nitrogen and oxygen atoms in total. The van der Waals surface area contributed by atoms with Crippen LogP contribution in [0.3, 0.4) is 0 Å². The molecule has 2 aromatic carbocycles. The van der Waals surface area contributed by atoms with Gasteiger partial charge in [-0.25, -0.2) is 4.79 Å². The summed E-state index contributed by atoms with van der Waals surface area (Å²) in [6, 6.07) is 15.4. The van der Waals surface area contributed by atoms with Crippen LogP contribution < -0.4 is 14.4 Å². The average molecular weight is 412 g/mol. The quantitative estimate of drug-likeness (QED) is 0.621. The van der Waals surface area contributed by atoms with Crippen LogP contribution in [-0.4, -0.2) is 63.3 Å². The van der Waals surface area contributed by atoms with Crippen LogP contribution in [0.2, 0.25) is 0 Å². The van der Waals surface area contributed by atoms with E-state index >= 15 is 0 Å². The standard InChI is InChI=1S/C23H28N2O5/c1-3-18-8-10-19(11-9-18)29-17-23(27)30-16-22(26)25-14-12-24(13-15-25)20-6-4-5-7-21(20)28-2/h4-11H,3,12-17H2,1-2H3. The third-order valence-corrected chi connectivity index (χ3v) is 5.10. The van der Waals surface area contributed by atoms with Gasteiger partial charge in [-0.3, -0.25) is 4.79 Å². The van der Waals surface area contributed by atoms with Gasteiger partial charge in [-0.1, -0.05) is 31.2 Å². The Morgan fingerprint density at radius 1 is 0.933 bits per heavy atom. The third-order valence-electron chi connectivity index (χ3n) is 5.10. The van der Waals surface area contributed by atoms with E-state index in [4.69, 9.17) is 14.2 Å². The largest absolute Gasteiger partial charge is 0.495 e. The highest BCUT2D eigenvalue weighted by molar-refractivity contribution is 5.81. The second-order valence-corrected chi connectivity index (χ2v) is 6.99. The van der Waals surface area contributed by atoms with Crippen LogP contribution >= 0.6 is 0 Å². The minimum absolute atomic E-state index is 0.199. The normalized spacial score (nSPS) is 13.7. The van der Waals surface area contributed by atoms with Crippen molar-refractivity contribution in [1.82, 2.24) is 4.90 Å². The molecule has 1 aliphatic heterocycles. The number of hydrogen-bond acceptors (Lipinski definition) is 6. The fourth-order valence-corrected chi connectivity index (χ4v) is 3.33. The Kier molecular flexibility index (Phi) is 7.54. The molecular weight excluding hydrogens is 384 g/mol. The fraction of sp³-hybridized carbons (Fsp3) is 0.391. The van der Waals surface area contributed by atoms with E-state index in [2.05, 4.69) is 11.8 Å². The molecule has 1 amide bonds. The number of aryl methyl sites for hydroxylation is 1. The van der Waals surface area contributed by atoms with Crippen molar-refractivity contribution in [3.63, 3.8) is 0 Å². The van der Waals surface area contributed by atoms with Crippen LogP contribution in [-0.2, 0) is 20.7 Å². The molecule has 1 fully saturated rings. The lowest BCUT2D eigenvalue weighted by molar-refractivity contribution is -0.153.